The van der Waals surface area contributed by atoms with Gasteiger partial charge in [0.25, 0.3) is 11.6 Å². The van der Waals surface area contributed by atoms with Gasteiger partial charge in [0.15, 0.2) is 6.61 Å². The van der Waals surface area contributed by atoms with Crippen LogP contribution in [0.3, 0.4) is 0 Å². The van der Waals surface area contributed by atoms with Crippen LogP contribution in [0, 0.1) is 10.1 Å². The number of nitro benzene ring substituents is 1. The first-order valence-electron chi connectivity index (χ1n) is 7.37. The SMILES string of the molecule is CCc1ccc(OCC(=O)Nc2cc([N+](=O)[O-])ccc2OC)cc1. The number of nitrogens with one attached hydrogen (secondary N) is 1. The zero-order valence-electron chi connectivity index (χ0n) is 13.4. The third-order valence-corrected chi connectivity index (χ3v) is 3.37. The minimum atomic E-state index is -0.541. The molecule has 0 saturated carbocycles. The molecule has 7 heteroatoms. The van der Waals surface area contributed by atoms with Crippen molar-refractivity contribution in [3.8, 4) is 11.5 Å². The molecule has 1 amide bonds. The number of nitro groups is 1. The van der Waals surface area contributed by atoms with E-state index in [1.165, 1.54) is 30.9 Å². The standard InChI is InChI=1S/C17H18N2O5/c1-3-12-4-7-14(8-5-12)24-11-17(20)18-15-10-13(19(21)22)6-9-16(15)23-2/h4-10H,3,11H2,1-2H3,(H,18,20). The Hall–Kier alpha value is -3.09. The highest BCUT2D eigenvalue weighted by Gasteiger charge is 2.14. The maximum atomic E-state index is 12.0. The fourth-order valence-electron chi connectivity index (χ4n) is 2.06. The predicted molar refractivity (Wildman–Crippen MR) is 89.6 cm³/mol. The summed E-state index contributed by atoms with van der Waals surface area (Å²) < 4.78 is 10.5. The van der Waals surface area contributed by atoms with Crippen LogP contribution >= 0.6 is 0 Å². The fourth-order valence-corrected chi connectivity index (χ4v) is 2.06. The van der Waals surface area contributed by atoms with Crippen LogP contribution in [0.1, 0.15) is 12.5 Å². The van der Waals surface area contributed by atoms with E-state index in [1.54, 1.807) is 12.1 Å². The third kappa shape index (κ3) is 4.45. The molecule has 0 spiro atoms. The second kappa shape index (κ2) is 7.96. The molecule has 0 aliphatic rings. The summed E-state index contributed by atoms with van der Waals surface area (Å²) in [6, 6.07) is 11.4. The first kappa shape index (κ1) is 17.3. The summed E-state index contributed by atoms with van der Waals surface area (Å²) in [4.78, 5) is 22.3. The lowest BCUT2D eigenvalue weighted by Crippen LogP contribution is -2.20. The molecule has 0 aliphatic heterocycles. The van der Waals surface area contributed by atoms with Gasteiger partial charge in [0.1, 0.15) is 11.5 Å². The van der Waals surface area contributed by atoms with Crippen molar-refractivity contribution in [3.63, 3.8) is 0 Å². The van der Waals surface area contributed by atoms with E-state index in [0.717, 1.165) is 6.42 Å². The van der Waals surface area contributed by atoms with Crippen molar-refractivity contribution in [1.82, 2.24) is 0 Å². The Bertz CT molecular complexity index is 728. The third-order valence-electron chi connectivity index (χ3n) is 3.37. The number of aryl methyl sites for hydroxylation is 1. The summed E-state index contributed by atoms with van der Waals surface area (Å²) in [6.45, 7) is 1.84. The number of hydrogen-bond acceptors (Lipinski definition) is 5. The minimum absolute atomic E-state index is 0.137. The molecule has 2 aromatic carbocycles. The van der Waals surface area contributed by atoms with Crippen LogP contribution in [0.25, 0.3) is 0 Å². The molecule has 0 heterocycles. The molecule has 0 radical (unpaired) electrons. The van der Waals surface area contributed by atoms with Crippen molar-refractivity contribution < 1.29 is 19.2 Å². The molecule has 0 aliphatic carbocycles. The number of anilines is 1. The fraction of sp³-hybridized carbons (Fsp3) is 0.235. The topological polar surface area (TPSA) is 90.7 Å². The van der Waals surface area contributed by atoms with Crippen molar-refractivity contribution in [2.75, 3.05) is 19.0 Å². The highest BCUT2D eigenvalue weighted by molar-refractivity contribution is 5.93. The largest absolute Gasteiger partial charge is 0.495 e. The molecule has 0 fully saturated rings. The number of carbonyl (C=O) groups is 1. The number of non-ortho nitro benzene ring substituents is 1. The number of amides is 1. The zero-order chi connectivity index (χ0) is 17.5. The molecular formula is C17H18N2O5. The van der Waals surface area contributed by atoms with Crippen LogP contribution in [0.2, 0.25) is 0 Å². The van der Waals surface area contributed by atoms with Gasteiger partial charge < -0.3 is 14.8 Å². The van der Waals surface area contributed by atoms with Crippen LogP contribution in [-0.2, 0) is 11.2 Å². The highest BCUT2D eigenvalue weighted by atomic mass is 16.6. The quantitative estimate of drug-likeness (QED) is 0.622. The van der Waals surface area contributed by atoms with Gasteiger partial charge >= 0.3 is 0 Å². The number of benzene rings is 2. The second-order valence-electron chi connectivity index (χ2n) is 4.98. The van der Waals surface area contributed by atoms with Crippen molar-refractivity contribution in [1.29, 1.82) is 0 Å². The van der Waals surface area contributed by atoms with E-state index in [0.29, 0.717) is 11.5 Å². The van der Waals surface area contributed by atoms with Gasteiger partial charge in [-0.3, -0.25) is 14.9 Å². The van der Waals surface area contributed by atoms with Crippen LogP contribution in [0.4, 0.5) is 11.4 Å². The van der Waals surface area contributed by atoms with E-state index in [2.05, 4.69) is 12.2 Å². The van der Waals surface area contributed by atoms with Gasteiger partial charge in [-0.15, -0.1) is 0 Å². The van der Waals surface area contributed by atoms with E-state index < -0.39 is 10.8 Å². The second-order valence-corrected chi connectivity index (χ2v) is 4.98. The lowest BCUT2D eigenvalue weighted by Gasteiger charge is -2.11. The van der Waals surface area contributed by atoms with Crippen molar-refractivity contribution >= 4 is 17.3 Å². The number of methoxy groups -OCH3 is 1. The molecule has 0 bridgehead atoms. The van der Waals surface area contributed by atoms with Crippen molar-refractivity contribution in [2.24, 2.45) is 0 Å². The summed E-state index contributed by atoms with van der Waals surface area (Å²) in [5, 5.41) is 13.4. The molecule has 0 saturated heterocycles. The summed E-state index contributed by atoms with van der Waals surface area (Å²) >= 11 is 0. The molecule has 2 rings (SSSR count). The van der Waals surface area contributed by atoms with E-state index in [1.807, 2.05) is 12.1 Å². The molecule has 0 aromatic heterocycles. The van der Waals surface area contributed by atoms with Gasteiger partial charge in [0.2, 0.25) is 0 Å². The molecule has 0 unspecified atom stereocenters. The lowest BCUT2D eigenvalue weighted by atomic mass is 10.2. The summed E-state index contributed by atoms with van der Waals surface area (Å²) in [7, 11) is 1.42. The summed E-state index contributed by atoms with van der Waals surface area (Å²) in [5.41, 5.74) is 1.26. The Morgan fingerprint density at radius 3 is 2.50 bits per heavy atom. The molecule has 2 aromatic rings. The minimum Gasteiger partial charge on any atom is -0.495 e. The Kier molecular flexibility index (Phi) is 5.73. The summed E-state index contributed by atoms with van der Waals surface area (Å²) in [5.74, 6) is 0.475. The Balaban J connectivity index is 2.00. The average molecular weight is 330 g/mol. The number of carbonyl (C=O) groups excluding carboxylic acids is 1. The molecule has 24 heavy (non-hydrogen) atoms. The van der Waals surface area contributed by atoms with Crippen LogP contribution in [-0.4, -0.2) is 24.5 Å². The van der Waals surface area contributed by atoms with Crippen LogP contribution in [0.5, 0.6) is 11.5 Å². The van der Waals surface area contributed by atoms with Crippen LogP contribution in [0.15, 0.2) is 42.5 Å². The normalized spacial score (nSPS) is 10.1. The maximum absolute atomic E-state index is 12.0. The monoisotopic (exact) mass is 330 g/mol. The van der Waals surface area contributed by atoms with Gasteiger partial charge in [-0.25, -0.2) is 0 Å². The van der Waals surface area contributed by atoms with Crippen molar-refractivity contribution in [2.45, 2.75) is 13.3 Å². The highest BCUT2D eigenvalue weighted by Crippen LogP contribution is 2.28. The zero-order valence-corrected chi connectivity index (χ0v) is 13.4. The average Bonchev–Trinajstić information content (AvgIpc) is 2.60. The molecule has 7 nitrogen and oxygen atoms in total. The number of ether oxygens (including phenoxy) is 2. The van der Waals surface area contributed by atoms with Crippen LogP contribution < -0.4 is 14.8 Å². The van der Waals surface area contributed by atoms with Gasteiger partial charge in [-0.1, -0.05) is 19.1 Å². The molecular weight excluding hydrogens is 312 g/mol. The summed E-state index contributed by atoms with van der Waals surface area (Å²) in [6.07, 6.45) is 0.924. The predicted octanol–water partition coefficient (Wildman–Crippen LogP) is 3.18. The van der Waals surface area contributed by atoms with Crippen molar-refractivity contribution in [3.05, 3.63) is 58.1 Å². The number of nitrogens with zero attached hydrogens (tertiary/aromatic N) is 1. The van der Waals surface area contributed by atoms with E-state index in [-0.39, 0.29) is 18.0 Å². The van der Waals surface area contributed by atoms with E-state index in [4.69, 9.17) is 9.47 Å². The van der Waals surface area contributed by atoms with E-state index >= 15 is 0 Å². The number of hydrogen-bond donors (Lipinski definition) is 1. The Morgan fingerprint density at radius 1 is 1.21 bits per heavy atom. The Morgan fingerprint density at radius 2 is 1.92 bits per heavy atom. The first-order chi connectivity index (χ1) is 11.5. The Labute approximate surface area is 139 Å². The molecule has 0 atom stereocenters. The smallest absolute Gasteiger partial charge is 0.271 e. The van der Waals surface area contributed by atoms with Gasteiger partial charge in [0.05, 0.1) is 17.7 Å². The van der Waals surface area contributed by atoms with Gasteiger partial charge in [-0.05, 0) is 30.2 Å². The maximum Gasteiger partial charge on any atom is 0.271 e. The molecule has 126 valence electrons. The number of rotatable bonds is 7. The van der Waals surface area contributed by atoms with Gasteiger partial charge in [-0.2, -0.15) is 0 Å². The first-order valence-corrected chi connectivity index (χ1v) is 7.37. The van der Waals surface area contributed by atoms with Gasteiger partial charge in [0, 0.05) is 12.1 Å². The lowest BCUT2D eigenvalue weighted by molar-refractivity contribution is -0.384. The van der Waals surface area contributed by atoms with E-state index in [9.17, 15) is 14.9 Å². The molecule has 1 N–H and O–H groups in total.